The molecule has 4 heterocycles. The van der Waals surface area contributed by atoms with Crippen LogP contribution in [-0.4, -0.2) is 110 Å². The van der Waals surface area contributed by atoms with Crippen molar-refractivity contribution in [3.05, 3.63) is 0 Å². The number of ether oxygens (including phenoxy) is 1. The van der Waals surface area contributed by atoms with Crippen molar-refractivity contribution in [2.75, 3.05) is 79.7 Å². The van der Waals surface area contributed by atoms with E-state index in [0.717, 1.165) is 13.2 Å². The number of rotatable bonds is 8. The summed E-state index contributed by atoms with van der Waals surface area (Å²) in [5.41, 5.74) is 1.86. The van der Waals surface area contributed by atoms with Gasteiger partial charge in [0, 0.05) is 44.4 Å². The molecule has 32 heavy (non-hydrogen) atoms. The van der Waals surface area contributed by atoms with Gasteiger partial charge in [-0.05, 0) is 123 Å². The van der Waals surface area contributed by atoms with Crippen molar-refractivity contribution in [1.82, 2.24) is 19.6 Å². The van der Waals surface area contributed by atoms with Gasteiger partial charge in [0.05, 0.1) is 6.61 Å². The quantitative estimate of drug-likeness (QED) is 0.562. The van der Waals surface area contributed by atoms with Gasteiger partial charge in [-0.25, -0.2) is 0 Å². The molecule has 5 heteroatoms. The second kappa shape index (κ2) is 9.45. The highest BCUT2D eigenvalue weighted by Crippen LogP contribution is 2.45. The topological polar surface area (TPSA) is 22.2 Å². The highest BCUT2D eigenvalue weighted by molar-refractivity contribution is 5.01. The van der Waals surface area contributed by atoms with Gasteiger partial charge in [-0.3, -0.25) is 9.80 Å². The number of piperidine rings is 2. The van der Waals surface area contributed by atoms with Crippen LogP contribution < -0.4 is 0 Å². The zero-order chi connectivity index (χ0) is 23.0. The summed E-state index contributed by atoms with van der Waals surface area (Å²) in [6, 6.07) is 0. The van der Waals surface area contributed by atoms with E-state index in [1.54, 1.807) is 0 Å². The van der Waals surface area contributed by atoms with E-state index in [2.05, 4.69) is 54.3 Å². The van der Waals surface area contributed by atoms with E-state index in [1.165, 1.54) is 97.3 Å². The van der Waals surface area contributed by atoms with Crippen LogP contribution in [0.1, 0.15) is 72.6 Å². The lowest BCUT2D eigenvalue weighted by Crippen LogP contribution is -2.61. The van der Waals surface area contributed by atoms with Gasteiger partial charge in [-0.1, -0.05) is 0 Å². The van der Waals surface area contributed by atoms with Crippen molar-refractivity contribution in [1.29, 1.82) is 0 Å². The Hall–Kier alpha value is -0.200. The van der Waals surface area contributed by atoms with E-state index in [9.17, 15) is 0 Å². The Bertz CT molecular complexity index is 609. The van der Waals surface area contributed by atoms with Crippen LogP contribution in [0, 0.1) is 10.8 Å². The molecule has 0 bridgehead atoms. The normalized spacial score (nSPS) is 27.9. The number of nitrogens with zero attached hydrogens (tertiary/aromatic N) is 4. The Morgan fingerprint density at radius 3 is 1.75 bits per heavy atom. The van der Waals surface area contributed by atoms with E-state index >= 15 is 0 Å². The summed E-state index contributed by atoms with van der Waals surface area (Å²) in [6.45, 7) is 22.4. The first-order valence-electron chi connectivity index (χ1n) is 13.5. The molecule has 0 aromatic carbocycles. The van der Waals surface area contributed by atoms with Crippen molar-refractivity contribution in [2.45, 2.75) is 83.7 Å². The molecule has 5 nitrogen and oxygen atoms in total. The minimum absolute atomic E-state index is 0.307. The minimum Gasteiger partial charge on any atom is -0.383 e. The Morgan fingerprint density at radius 1 is 0.688 bits per heavy atom. The zero-order valence-electron chi connectivity index (χ0n) is 22.2. The first-order chi connectivity index (χ1) is 15.1. The summed E-state index contributed by atoms with van der Waals surface area (Å²) < 4.78 is 5.29. The maximum absolute atomic E-state index is 5.29. The fraction of sp³-hybridized carbons (Fsp3) is 1.00. The lowest BCUT2D eigenvalue weighted by Gasteiger charge is -2.55. The van der Waals surface area contributed by atoms with Crippen molar-refractivity contribution in [2.24, 2.45) is 10.8 Å². The van der Waals surface area contributed by atoms with Crippen LogP contribution >= 0.6 is 0 Å². The molecule has 4 fully saturated rings. The van der Waals surface area contributed by atoms with Crippen molar-refractivity contribution < 1.29 is 4.74 Å². The second-order valence-electron chi connectivity index (χ2n) is 13.3. The molecule has 0 amide bonds. The predicted octanol–water partition coefficient (Wildman–Crippen LogP) is 3.79. The smallest absolute Gasteiger partial charge is 0.0589 e. The molecule has 0 unspecified atom stereocenters. The molecule has 0 atom stereocenters. The Morgan fingerprint density at radius 2 is 1.19 bits per heavy atom. The van der Waals surface area contributed by atoms with Gasteiger partial charge in [0.1, 0.15) is 0 Å². The Labute approximate surface area is 198 Å². The molecule has 0 aromatic rings. The molecule has 0 aliphatic carbocycles. The van der Waals surface area contributed by atoms with Crippen LogP contribution in [0.15, 0.2) is 0 Å². The first kappa shape index (κ1) is 24.9. The van der Waals surface area contributed by atoms with Crippen LogP contribution in [0.25, 0.3) is 0 Å². The van der Waals surface area contributed by atoms with Gasteiger partial charge in [-0.2, -0.15) is 0 Å². The van der Waals surface area contributed by atoms with E-state index in [1.807, 2.05) is 7.11 Å². The molecule has 0 aromatic heterocycles. The molecule has 4 aliphatic rings. The third-order valence-corrected chi connectivity index (χ3v) is 10.1. The molecular weight excluding hydrogens is 396 g/mol. The largest absolute Gasteiger partial charge is 0.383 e. The lowest BCUT2D eigenvalue weighted by molar-refractivity contribution is -0.0558. The predicted molar refractivity (Wildman–Crippen MR) is 134 cm³/mol. The average molecular weight is 449 g/mol. The summed E-state index contributed by atoms with van der Waals surface area (Å²) in [4.78, 5) is 10.8. The minimum atomic E-state index is 0.307. The number of hydrogen-bond acceptors (Lipinski definition) is 5. The van der Waals surface area contributed by atoms with Crippen molar-refractivity contribution in [3.8, 4) is 0 Å². The fourth-order valence-electron chi connectivity index (χ4n) is 7.26. The van der Waals surface area contributed by atoms with Crippen LogP contribution in [-0.2, 0) is 4.74 Å². The van der Waals surface area contributed by atoms with E-state index in [0.29, 0.717) is 21.9 Å². The standard InChI is InChI=1S/C27H52N4O/c1-24(2,30-16-12-27(13-17-30)21-28(5)22-27)7-8-25(3,4)31-18-11-26(23-31)9-14-29(15-10-26)19-20-32-6/h7-23H2,1-6H3. The summed E-state index contributed by atoms with van der Waals surface area (Å²) in [5.74, 6) is 0. The van der Waals surface area contributed by atoms with Gasteiger partial charge < -0.3 is 14.5 Å². The third kappa shape index (κ3) is 5.38. The Kier molecular flexibility index (Phi) is 7.36. The van der Waals surface area contributed by atoms with Crippen LogP contribution in [0.5, 0.6) is 0 Å². The molecule has 186 valence electrons. The fourth-order valence-corrected chi connectivity index (χ4v) is 7.26. The maximum atomic E-state index is 5.29. The lowest BCUT2D eigenvalue weighted by atomic mass is 9.71. The van der Waals surface area contributed by atoms with Gasteiger partial charge in [0.25, 0.3) is 0 Å². The number of hydrogen-bond donors (Lipinski definition) is 0. The summed E-state index contributed by atoms with van der Waals surface area (Å²) in [7, 11) is 4.09. The number of methoxy groups -OCH3 is 1. The van der Waals surface area contributed by atoms with E-state index < -0.39 is 0 Å². The summed E-state index contributed by atoms with van der Waals surface area (Å²) >= 11 is 0. The van der Waals surface area contributed by atoms with E-state index in [4.69, 9.17) is 4.74 Å². The van der Waals surface area contributed by atoms with Crippen LogP contribution in [0.3, 0.4) is 0 Å². The SMILES string of the molecule is COCCN1CCC2(CC1)CCN(C(C)(C)CCC(C)(C)N1CCC3(CC1)CN(C)C3)C2. The molecule has 4 saturated heterocycles. The highest BCUT2D eigenvalue weighted by Gasteiger charge is 2.47. The van der Waals surface area contributed by atoms with Crippen molar-refractivity contribution >= 4 is 0 Å². The number of likely N-dealkylation sites (tertiary alicyclic amines) is 4. The summed E-state index contributed by atoms with van der Waals surface area (Å²) in [5, 5.41) is 0. The maximum Gasteiger partial charge on any atom is 0.0589 e. The molecule has 0 N–H and O–H groups in total. The van der Waals surface area contributed by atoms with Gasteiger partial charge >= 0.3 is 0 Å². The molecule has 4 rings (SSSR count). The third-order valence-electron chi connectivity index (χ3n) is 10.1. The first-order valence-corrected chi connectivity index (χ1v) is 13.5. The second-order valence-corrected chi connectivity index (χ2v) is 13.3. The zero-order valence-corrected chi connectivity index (χ0v) is 22.2. The Balaban J connectivity index is 1.24. The summed E-state index contributed by atoms with van der Waals surface area (Å²) in [6.07, 6.45) is 9.57. The average Bonchev–Trinajstić information content (AvgIpc) is 3.16. The molecular formula is C27H52N4O. The monoisotopic (exact) mass is 448 g/mol. The van der Waals surface area contributed by atoms with Gasteiger partial charge in [-0.15, -0.1) is 0 Å². The van der Waals surface area contributed by atoms with Crippen molar-refractivity contribution in [3.63, 3.8) is 0 Å². The molecule has 4 aliphatic heterocycles. The van der Waals surface area contributed by atoms with Crippen LogP contribution in [0.2, 0.25) is 0 Å². The molecule has 2 spiro atoms. The van der Waals surface area contributed by atoms with Gasteiger partial charge in [0.2, 0.25) is 0 Å². The van der Waals surface area contributed by atoms with Gasteiger partial charge in [0.15, 0.2) is 0 Å². The van der Waals surface area contributed by atoms with Crippen LogP contribution in [0.4, 0.5) is 0 Å². The molecule has 0 saturated carbocycles. The van der Waals surface area contributed by atoms with E-state index in [-0.39, 0.29) is 0 Å². The molecule has 0 radical (unpaired) electrons. The highest BCUT2D eigenvalue weighted by atomic mass is 16.5.